The lowest BCUT2D eigenvalue weighted by Crippen LogP contribution is -2.14. The summed E-state index contributed by atoms with van der Waals surface area (Å²) in [6.07, 6.45) is 1.02. The van der Waals surface area contributed by atoms with Gasteiger partial charge in [0, 0.05) is 12.1 Å². The Kier molecular flexibility index (Phi) is 1.87. The lowest BCUT2D eigenvalue weighted by atomic mass is 10.1. The molecule has 1 aromatic carbocycles. The number of nitrogens with two attached hydrogens (primary N) is 1. The summed E-state index contributed by atoms with van der Waals surface area (Å²) >= 11 is 0. The first-order chi connectivity index (χ1) is 5.83. The normalized spacial score (nSPS) is 27.2. The molecule has 0 amide bonds. The van der Waals surface area contributed by atoms with Gasteiger partial charge in [0.15, 0.2) is 0 Å². The van der Waals surface area contributed by atoms with Gasteiger partial charge < -0.3 is 11.1 Å². The van der Waals surface area contributed by atoms with Gasteiger partial charge >= 0.3 is 0 Å². The van der Waals surface area contributed by atoms with Crippen LogP contribution in [-0.2, 0) is 0 Å². The second-order valence-electron chi connectivity index (χ2n) is 3.31. The molecule has 0 fully saturated rings. The van der Waals surface area contributed by atoms with E-state index in [1.165, 1.54) is 11.1 Å². The average Bonchev–Trinajstić information content (AvgIpc) is 2.44. The Labute approximate surface area is 72.8 Å². The SMILES string of the molecule is CNC1CC(N)c2ccccc21. The minimum absolute atomic E-state index is 0.221. The molecule has 1 aromatic rings. The van der Waals surface area contributed by atoms with Gasteiger partial charge in [0.05, 0.1) is 0 Å². The first-order valence-corrected chi connectivity index (χ1v) is 4.34. The van der Waals surface area contributed by atoms with E-state index < -0.39 is 0 Å². The zero-order valence-corrected chi connectivity index (χ0v) is 7.25. The first kappa shape index (κ1) is 7.77. The fraction of sp³-hybridized carbons (Fsp3) is 0.400. The fourth-order valence-corrected chi connectivity index (χ4v) is 1.95. The molecule has 0 saturated heterocycles. The molecule has 0 radical (unpaired) electrons. The van der Waals surface area contributed by atoms with E-state index in [1.807, 2.05) is 7.05 Å². The molecule has 1 aliphatic rings. The van der Waals surface area contributed by atoms with E-state index in [2.05, 4.69) is 29.6 Å². The van der Waals surface area contributed by atoms with Gasteiger partial charge in [0.25, 0.3) is 0 Å². The highest BCUT2D eigenvalue weighted by Gasteiger charge is 2.26. The maximum atomic E-state index is 5.97. The molecular weight excluding hydrogens is 148 g/mol. The molecule has 0 bridgehead atoms. The number of benzene rings is 1. The van der Waals surface area contributed by atoms with Crippen molar-refractivity contribution in [3.63, 3.8) is 0 Å². The van der Waals surface area contributed by atoms with Crippen molar-refractivity contribution in [2.75, 3.05) is 7.05 Å². The Morgan fingerprint density at radius 3 is 2.67 bits per heavy atom. The van der Waals surface area contributed by atoms with Crippen LogP contribution in [0.5, 0.6) is 0 Å². The summed E-state index contributed by atoms with van der Waals surface area (Å²) in [5, 5.41) is 3.27. The maximum Gasteiger partial charge on any atom is 0.0339 e. The Hall–Kier alpha value is -0.860. The number of fused-ring (bicyclic) bond motifs is 1. The molecule has 2 unspecified atom stereocenters. The largest absolute Gasteiger partial charge is 0.324 e. The predicted octanol–water partition coefficient (Wildman–Crippen LogP) is 1.35. The summed E-state index contributed by atoms with van der Waals surface area (Å²) < 4.78 is 0. The van der Waals surface area contributed by atoms with Crippen LogP contribution in [0.25, 0.3) is 0 Å². The third-order valence-corrected chi connectivity index (χ3v) is 2.61. The van der Waals surface area contributed by atoms with Crippen LogP contribution in [0.3, 0.4) is 0 Å². The Morgan fingerprint density at radius 2 is 2.00 bits per heavy atom. The summed E-state index contributed by atoms with van der Waals surface area (Å²) in [5.74, 6) is 0. The van der Waals surface area contributed by atoms with Crippen LogP contribution < -0.4 is 11.1 Å². The number of nitrogens with one attached hydrogen (secondary N) is 1. The van der Waals surface area contributed by atoms with Gasteiger partial charge in [-0.1, -0.05) is 24.3 Å². The van der Waals surface area contributed by atoms with Gasteiger partial charge in [-0.2, -0.15) is 0 Å². The van der Waals surface area contributed by atoms with Gasteiger partial charge in [-0.3, -0.25) is 0 Å². The van der Waals surface area contributed by atoms with Crippen molar-refractivity contribution in [3.8, 4) is 0 Å². The van der Waals surface area contributed by atoms with E-state index in [4.69, 9.17) is 5.73 Å². The molecule has 0 spiro atoms. The van der Waals surface area contributed by atoms with Crippen LogP contribution in [0, 0.1) is 0 Å². The molecule has 0 heterocycles. The van der Waals surface area contributed by atoms with Crippen LogP contribution in [0.4, 0.5) is 0 Å². The molecule has 0 aromatic heterocycles. The third-order valence-electron chi connectivity index (χ3n) is 2.61. The van der Waals surface area contributed by atoms with E-state index >= 15 is 0 Å². The van der Waals surface area contributed by atoms with Crippen molar-refractivity contribution < 1.29 is 0 Å². The van der Waals surface area contributed by atoms with E-state index in [-0.39, 0.29) is 6.04 Å². The zero-order valence-electron chi connectivity index (χ0n) is 7.25. The molecule has 3 N–H and O–H groups in total. The molecule has 2 nitrogen and oxygen atoms in total. The van der Waals surface area contributed by atoms with Gasteiger partial charge in [-0.15, -0.1) is 0 Å². The van der Waals surface area contributed by atoms with Crippen LogP contribution in [0.15, 0.2) is 24.3 Å². The second kappa shape index (κ2) is 2.88. The Morgan fingerprint density at radius 1 is 1.33 bits per heavy atom. The molecule has 12 heavy (non-hydrogen) atoms. The molecule has 0 aliphatic heterocycles. The topological polar surface area (TPSA) is 38.0 Å². The summed E-state index contributed by atoms with van der Waals surface area (Å²) in [6.45, 7) is 0. The van der Waals surface area contributed by atoms with E-state index in [9.17, 15) is 0 Å². The number of rotatable bonds is 1. The predicted molar refractivity (Wildman–Crippen MR) is 49.8 cm³/mol. The fourth-order valence-electron chi connectivity index (χ4n) is 1.95. The van der Waals surface area contributed by atoms with Crippen molar-refractivity contribution in [1.29, 1.82) is 0 Å². The van der Waals surface area contributed by atoms with E-state index in [0.717, 1.165) is 6.42 Å². The summed E-state index contributed by atoms with van der Waals surface area (Å²) in [5.41, 5.74) is 8.64. The molecular formula is C10H14N2. The summed E-state index contributed by atoms with van der Waals surface area (Å²) in [4.78, 5) is 0. The quantitative estimate of drug-likeness (QED) is 0.654. The third kappa shape index (κ3) is 1.04. The molecule has 2 atom stereocenters. The first-order valence-electron chi connectivity index (χ1n) is 4.34. The van der Waals surface area contributed by atoms with Crippen molar-refractivity contribution in [2.45, 2.75) is 18.5 Å². The van der Waals surface area contributed by atoms with Crippen molar-refractivity contribution in [3.05, 3.63) is 35.4 Å². The zero-order chi connectivity index (χ0) is 8.55. The number of hydrogen-bond donors (Lipinski definition) is 2. The minimum Gasteiger partial charge on any atom is -0.324 e. The monoisotopic (exact) mass is 162 g/mol. The maximum absolute atomic E-state index is 5.97. The van der Waals surface area contributed by atoms with Gasteiger partial charge in [0.1, 0.15) is 0 Å². The highest BCUT2D eigenvalue weighted by atomic mass is 14.9. The molecule has 1 aliphatic carbocycles. The van der Waals surface area contributed by atoms with Crippen molar-refractivity contribution >= 4 is 0 Å². The minimum atomic E-state index is 0.221. The Bertz CT molecular complexity index is 283. The molecule has 2 heteroatoms. The standard InChI is InChI=1S/C10H14N2/c1-12-10-6-9(11)7-4-2-3-5-8(7)10/h2-5,9-10,12H,6,11H2,1H3. The lowest BCUT2D eigenvalue weighted by Gasteiger charge is -2.08. The smallest absolute Gasteiger partial charge is 0.0339 e. The highest BCUT2D eigenvalue weighted by molar-refractivity contribution is 5.37. The van der Waals surface area contributed by atoms with Crippen LogP contribution in [0.1, 0.15) is 29.6 Å². The van der Waals surface area contributed by atoms with Gasteiger partial charge in [-0.05, 0) is 24.6 Å². The van der Waals surface area contributed by atoms with Crippen molar-refractivity contribution in [2.24, 2.45) is 5.73 Å². The Balaban J connectivity index is 2.43. The number of hydrogen-bond acceptors (Lipinski definition) is 2. The molecule has 0 saturated carbocycles. The van der Waals surface area contributed by atoms with Gasteiger partial charge in [0.2, 0.25) is 0 Å². The lowest BCUT2D eigenvalue weighted by molar-refractivity contribution is 0.543. The second-order valence-corrected chi connectivity index (χ2v) is 3.31. The van der Waals surface area contributed by atoms with Crippen LogP contribution >= 0.6 is 0 Å². The van der Waals surface area contributed by atoms with E-state index in [0.29, 0.717) is 6.04 Å². The van der Waals surface area contributed by atoms with Crippen LogP contribution in [-0.4, -0.2) is 7.05 Å². The van der Waals surface area contributed by atoms with Crippen molar-refractivity contribution in [1.82, 2.24) is 5.32 Å². The summed E-state index contributed by atoms with van der Waals surface area (Å²) in [6, 6.07) is 9.08. The molecule has 2 rings (SSSR count). The average molecular weight is 162 g/mol. The van der Waals surface area contributed by atoms with E-state index in [1.54, 1.807) is 0 Å². The highest BCUT2D eigenvalue weighted by Crippen LogP contribution is 2.36. The van der Waals surface area contributed by atoms with Gasteiger partial charge in [-0.25, -0.2) is 0 Å². The molecule has 64 valence electrons. The summed E-state index contributed by atoms with van der Waals surface area (Å²) in [7, 11) is 1.99. The van der Waals surface area contributed by atoms with Crippen LogP contribution in [0.2, 0.25) is 0 Å².